The molecule has 0 unspecified atom stereocenters. The molecule has 3 rings (SSSR count). The first-order valence-corrected chi connectivity index (χ1v) is 8.67. The molecule has 7 nitrogen and oxygen atoms in total. The van der Waals surface area contributed by atoms with Crippen molar-refractivity contribution in [2.75, 3.05) is 16.4 Å². The predicted molar refractivity (Wildman–Crippen MR) is 99.0 cm³/mol. The van der Waals surface area contributed by atoms with E-state index in [2.05, 4.69) is 25.6 Å². The lowest BCUT2D eigenvalue weighted by molar-refractivity contribution is -0.114. The molecule has 128 valence electrons. The van der Waals surface area contributed by atoms with Crippen LogP contribution in [0.3, 0.4) is 0 Å². The molecule has 9 heteroatoms. The largest absolute Gasteiger partial charge is 0.331 e. The number of H-pyrrole nitrogens is 1. The van der Waals surface area contributed by atoms with Crippen LogP contribution in [-0.4, -0.2) is 32.5 Å². The second-order valence-corrected chi connectivity index (χ2v) is 6.56. The summed E-state index contributed by atoms with van der Waals surface area (Å²) in [4.78, 5) is 34.5. The highest BCUT2D eigenvalue weighted by Gasteiger charge is 2.09. The van der Waals surface area contributed by atoms with E-state index < -0.39 is 0 Å². The van der Waals surface area contributed by atoms with Gasteiger partial charge in [0.2, 0.25) is 11.8 Å². The fourth-order valence-electron chi connectivity index (χ4n) is 2.09. The van der Waals surface area contributed by atoms with Gasteiger partial charge in [-0.25, -0.2) is 9.97 Å². The van der Waals surface area contributed by atoms with Crippen LogP contribution >= 0.6 is 23.4 Å². The first kappa shape index (κ1) is 17.2. The zero-order chi connectivity index (χ0) is 17.8. The Kier molecular flexibility index (Phi) is 5.20. The lowest BCUT2D eigenvalue weighted by Crippen LogP contribution is -2.14. The number of aromatic nitrogens is 3. The van der Waals surface area contributed by atoms with Gasteiger partial charge in [-0.05, 0) is 30.3 Å². The van der Waals surface area contributed by atoms with Crippen LogP contribution in [0.4, 0.5) is 11.4 Å². The number of halogens is 1. The number of pyridine rings is 1. The first-order chi connectivity index (χ1) is 12.0. The summed E-state index contributed by atoms with van der Waals surface area (Å²) >= 11 is 7.15. The summed E-state index contributed by atoms with van der Waals surface area (Å²) in [5.41, 5.74) is 2.61. The van der Waals surface area contributed by atoms with Gasteiger partial charge in [0.1, 0.15) is 0 Å². The van der Waals surface area contributed by atoms with Gasteiger partial charge in [0.15, 0.2) is 10.8 Å². The van der Waals surface area contributed by atoms with Crippen molar-refractivity contribution in [3.05, 3.63) is 41.6 Å². The second kappa shape index (κ2) is 7.54. The summed E-state index contributed by atoms with van der Waals surface area (Å²) in [5, 5.41) is 6.57. The van der Waals surface area contributed by atoms with Crippen molar-refractivity contribution in [3.8, 4) is 0 Å². The molecule has 3 N–H and O–H groups in total. The fraction of sp³-hybridized carbons (Fsp3) is 0.125. The number of benzene rings is 1. The third-order valence-corrected chi connectivity index (χ3v) is 4.19. The molecular formula is C16H14ClN5O2S. The molecule has 0 aliphatic rings. The van der Waals surface area contributed by atoms with Crippen molar-refractivity contribution >= 4 is 57.7 Å². The van der Waals surface area contributed by atoms with E-state index >= 15 is 0 Å². The third kappa shape index (κ3) is 4.71. The van der Waals surface area contributed by atoms with Crippen molar-refractivity contribution in [3.63, 3.8) is 0 Å². The second-order valence-electron chi connectivity index (χ2n) is 5.16. The molecular weight excluding hydrogens is 362 g/mol. The molecule has 0 atom stereocenters. The van der Waals surface area contributed by atoms with Crippen LogP contribution in [-0.2, 0) is 9.59 Å². The number of hydrogen-bond donors (Lipinski definition) is 3. The Bertz CT molecular complexity index is 926. The van der Waals surface area contributed by atoms with Gasteiger partial charge < -0.3 is 15.6 Å². The lowest BCUT2D eigenvalue weighted by Gasteiger charge is -2.06. The van der Waals surface area contributed by atoms with E-state index in [1.54, 1.807) is 30.3 Å². The van der Waals surface area contributed by atoms with Gasteiger partial charge in [-0.2, -0.15) is 0 Å². The summed E-state index contributed by atoms with van der Waals surface area (Å²) in [6, 6.07) is 8.62. The number of anilines is 2. The highest BCUT2D eigenvalue weighted by molar-refractivity contribution is 7.99. The minimum atomic E-state index is -0.163. The van der Waals surface area contributed by atoms with E-state index in [9.17, 15) is 9.59 Å². The minimum absolute atomic E-state index is 0.144. The molecule has 0 aliphatic carbocycles. The molecule has 0 spiro atoms. The SMILES string of the molecule is CC(=O)Nc1ccc(NC(=O)CSc2nc3ncc(Cl)cc3[nH]2)cc1. The summed E-state index contributed by atoms with van der Waals surface area (Å²) in [6.07, 6.45) is 1.52. The number of thioether (sulfide) groups is 1. The van der Waals surface area contributed by atoms with Crippen molar-refractivity contribution in [1.82, 2.24) is 15.0 Å². The molecule has 2 amide bonds. The quantitative estimate of drug-likeness (QED) is 0.594. The maximum absolute atomic E-state index is 12.0. The van der Waals surface area contributed by atoms with Crippen LogP contribution in [0.25, 0.3) is 11.2 Å². The maximum Gasteiger partial charge on any atom is 0.234 e. The van der Waals surface area contributed by atoms with Gasteiger partial charge in [-0.15, -0.1) is 0 Å². The number of aromatic amines is 1. The number of nitrogens with one attached hydrogen (secondary N) is 3. The first-order valence-electron chi connectivity index (χ1n) is 7.31. The minimum Gasteiger partial charge on any atom is -0.331 e. The summed E-state index contributed by atoms with van der Waals surface area (Å²) in [6.45, 7) is 1.44. The van der Waals surface area contributed by atoms with E-state index in [4.69, 9.17) is 11.6 Å². The molecule has 25 heavy (non-hydrogen) atoms. The molecule has 2 aromatic heterocycles. The Hall–Kier alpha value is -2.58. The van der Waals surface area contributed by atoms with Crippen molar-refractivity contribution in [1.29, 1.82) is 0 Å². The Labute approximate surface area is 152 Å². The smallest absolute Gasteiger partial charge is 0.234 e. The zero-order valence-corrected chi connectivity index (χ0v) is 14.7. The molecule has 3 aromatic rings. The molecule has 0 radical (unpaired) electrons. The van der Waals surface area contributed by atoms with Gasteiger partial charge >= 0.3 is 0 Å². The number of nitrogens with zero attached hydrogens (tertiary/aromatic N) is 2. The Morgan fingerprint density at radius 2 is 1.88 bits per heavy atom. The van der Waals surface area contributed by atoms with Crippen molar-refractivity contribution < 1.29 is 9.59 Å². The number of carbonyl (C=O) groups is 2. The average Bonchev–Trinajstić information content (AvgIpc) is 2.96. The number of carbonyl (C=O) groups excluding carboxylic acids is 2. The predicted octanol–water partition coefficient (Wildman–Crippen LogP) is 3.30. The third-order valence-electron chi connectivity index (χ3n) is 3.11. The van der Waals surface area contributed by atoms with Crippen molar-refractivity contribution in [2.45, 2.75) is 12.1 Å². The van der Waals surface area contributed by atoms with Crippen LogP contribution in [0.5, 0.6) is 0 Å². The monoisotopic (exact) mass is 375 g/mol. The number of fused-ring (bicyclic) bond motifs is 1. The fourth-order valence-corrected chi connectivity index (χ4v) is 2.92. The van der Waals surface area contributed by atoms with Crippen LogP contribution in [0.1, 0.15) is 6.92 Å². The topological polar surface area (TPSA) is 99.8 Å². The molecule has 0 bridgehead atoms. The molecule has 2 heterocycles. The van der Waals surface area contributed by atoms with Gasteiger partial charge in [0.25, 0.3) is 0 Å². The Balaban J connectivity index is 1.55. The molecule has 0 aliphatic heterocycles. The van der Waals surface area contributed by atoms with E-state index in [-0.39, 0.29) is 17.6 Å². The van der Waals surface area contributed by atoms with Gasteiger partial charge in [-0.3, -0.25) is 9.59 Å². The van der Waals surface area contributed by atoms with E-state index in [0.29, 0.717) is 27.2 Å². The van der Waals surface area contributed by atoms with E-state index in [1.807, 2.05) is 0 Å². The van der Waals surface area contributed by atoms with Crippen LogP contribution in [0.2, 0.25) is 5.02 Å². The molecule has 0 saturated heterocycles. The lowest BCUT2D eigenvalue weighted by atomic mass is 10.3. The van der Waals surface area contributed by atoms with E-state index in [1.165, 1.54) is 24.9 Å². The highest BCUT2D eigenvalue weighted by Crippen LogP contribution is 2.21. The summed E-state index contributed by atoms with van der Waals surface area (Å²) in [7, 11) is 0. The highest BCUT2D eigenvalue weighted by atomic mass is 35.5. The number of hydrogen-bond acceptors (Lipinski definition) is 5. The van der Waals surface area contributed by atoms with Gasteiger partial charge in [0, 0.05) is 24.5 Å². The summed E-state index contributed by atoms with van der Waals surface area (Å²) < 4.78 is 0. The normalized spacial score (nSPS) is 10.6. The summed E-state index contributed by atoms with van der Waals surface area (Å²) in [5.74, 6) is -0.111. The van der Waals surface area contributed by atoms with Crippen LogP contribution < -0.4 is 10.6 Å². The molecule has 0 fully saturated rings. The average molecular weight is 376 g/mol. The standard InChI is InChI=1S/C16H14ClN5O2S/c1-9(23)19-11-2-4-12(5-3-11)20-14(24)8-25-16-21-13-6-10(17)7-18-15(13)22-16/h2-7H,8H2,1H3,(H,19,23)(H,20,24)(H,18,21,22). The van der Waals surface area contributed by atoms with Crippen LogP contribution in [0.15, 0.2) is 41.7 Å². The molecule has 0 saturated carbocycles. The number of rotatable bonds is 5. The van der Waals surface area contributed by atoms with Gasteiger partial charge in [0.05, 0.1) is 16.3 Å². The van der Waals surface area contributed by atoms with Crippen molar-refractivity contribution in [2.24, 2.45) is 0 Å². The Morgan fingerprint density at radius 3 is 2.56 bits per heavy atom. The zero-order valence-electron chi connectivity index (χ0n) is 13.2. The maximum atomic E-state index is 12.0. The van der Waals surface area contributed by atoms with E-state index in [0.717, 1.165) is 5.52 Å². The Morgan fingerprint density at radius 1 is 1.20 bits per heavy atom. The number of amides is 2. The number of imidazole rings is 1. The van der Waals surface area contributed by atoms with Gasteiger partial charge in [-0.1, -0.05) is 23.4 Å². The molecule has 1 aromatic carbocycles. The van der Waals surface area contributed by atoms with Crippen LogP contribution in [0, 0.1) is 0 Å².